The van der Waals surface area contributed by atoms with Crippen LogP contribution in [-0.2, 0) is 0 Å². The van der Waals surface area contributed by atoms with E-state index in [1.165, 1.54) is 0 Å². The van der Waals surface area contributed by atoms with Crippen LogP contribution in [0.25, 0.3) is 11.3 Å². The average Bonchev–Trinajstić information content (AvgIpc) is 2.58. The van der Waals surface area contributed by atoms with E-state index in [1.807, 2.05) is 30.3 Å². The molecule has 5 nitrogen and oxygen atoms in total. The Labute approximate surface area is 149 Å². The van der Waals surface area contributed by atoms with Crippen LogP contribution in [0.1, 0.15) is 5.69 Å². The maximum Gasteiger partial charge on any atom is 0.220 e. The first-order chi connectivity index (χ1) is 11.6. The van der Waals surface area contributed by atoms with Crippen molar-refractivity contribution in [3.05, 3.63) is 64.3 Å². The number of nitrogens with two attached hydrogens (primary N) is 1. The van der Waals surface area contributed by atoms with Gasteiger partial charge in [-0.2, -0.15) is 0 Å². The minimum Gasteiger partial charge on any atom is -0.368 e. The highest BCUT2D eigenvalue weighted by atomic mass is 35.5. The molecule has 0 bridgehead atoms. The van der Waals surface area contributed by atoms with Crippen molar-refractivity contribution < 1.29 is 0 Å². The first-order valence-corrected chi connectivity index (χ1v) is 7.87. The summed E-state index contributed by atoms with van der Waals surface area (Å²) in [6, 6.07) is 14.8. The van der Waals surface area contributed by atoms with Crippen molar-refractivity contribution >= 4 is 40.5 Å². The van der Waals surface area contributed by atoms with Gasteiger partial charge >= 0.3 is 0 Å². The molecule has 0 unspecified atom stereocenters. The number of aromatic nitrogens is 2. The second-order valence-corrected chi connectivity index (χ2v) is 5.79. The first-order valence-electron chi connectivity index (χ1n) is 7.11. The van der Waals surface area contributed by atoms with E-state index in [-0.39, 0.29) is 5.95 Å². The number of nitrogen functional groups attached to an aromatic ring is 1. The zero-order chi connectivity index (χ0) is 17.1. The lowest BCUT2D eigenvalue weighted by Gasteiger charge is -2.08. The van der Waals surface area contributed by atoms with Crippen molar-refractivity contribution in [1.82, 2.24) is 9.97 Å². The van der Waals surface area contributed by atoms with Crippen LogP contribution in [0.2, 0.25) is 10.0 Å². The molecule has 0 amide bonds. The maximum atomic E-state index is 6.14. The highest BCUT2D eigenvalue weighted by molar-refractivity contribution is 6.43. The number of halogens is 2. The highest BCUT2D eigenvalue weighted by Gasteiger charge is 2.13. The molecule has 2 aromatic carbocycles. The van der Waals surface area contributed by atoms with Gasteiger partial charge in [0.25, 0.3) is 0 Å². The summed E-state index contributed by atoms with van der Waals surface area (Å²) in [7, 11) is 0. The Kier molecular flexibility index (Phi) is 4.74. The smallest absolute Gasteiger partial charge is 0.220 e. The van der Waals surface area contributed by atoms with Crippen LogP contribution in [-0.4, -0.2) is 9.97 Å². The van der Waals surface area contributed by atoms with Gasteiger partial charge in [-0.1, -0.05) is 59.6 Å². The molecule has 3 rings (SSSR count). The van der Waals surface area contributed by atoms with Crippen LogP contribution in [0, 0.1) is 6.92 Å². The molecular weight excluding hydrogens is 345 g/mol. The number of azo groups is 1. The van der Waals surface area contributed by atoms with E-state index >= 15 is 0 Å². The van der Waals surface area contributed by atoms with Gasteiger partial charge in [0.15, 0.2) is 0 Å². The van der Waals surface area contributed by atoms with E-state index in [0.717, 1.165) is 5.56 Å². The molecule has 0 aliphatic heterocycles. The fraction of sp³-hybridized carbons (Fsp3) is 0.0588. The molecule has 0 spiro atoms. The van der Waals surface area contributed by atoms with E-state index in [9.17, 15) is 0 Å². The predicted molar refractivity (Wildman–Crippen MR) is 97.3 cm³/mol. The number of hydrogen-bond acceptors (Lipinski definition) is 5. The normalized spacial score (nSPS) is 11.1. The lowest BCUT2D eigenvalue weighted by atomic mass is 10.1. The second kappa shape index (κ2) is 6.95. The minimum absolute atomic E-state index is 0.186. The van der Waals surface area contributed by atoms with Gasteiger partial charge in [-0.05, 0) is 19.1 Å². The number of nitrogens with zero attached hydrogens (tertiary/aromatic N) is 4. The van der Waals surface area contributed by atoms with Crippen LogP contribution >= 0.6 is 23.2 Å². The first kappa shape index (κ1) is 16.4. The van der Waals surface area contributed by atoms with E-state index in [1.54, 1.807) is 25.1 Å². The Morgan fingerprint density at radius 3 is 2.42 bits per heavy atom. The summed E-state index contributed by atoms with van der Waals surface area (Å²) in [6.07, 6.45) is 0. The minimum atomic E-state index is 0.186. The molecule has 3 aromatic rings. The number of aryl methyl sites for hydroxylation is 1. The van der Waals surface area contributed by atoms with Crippen molar-refractivity contribution in [2.75, 3.05) is 5.73 Å². The highest BCUT2D eigenvalue weighted by Crippen LogP contribution is 2.36. The van der Waals surface area contributed by atoms with Gasteiger partial charge in [-0.25, -0.2) is 9.97 Å². The van der Waals surface area contributed by atoms with Crippen LogP contribution < -0.4 is 5.73 Å². The zero-order valence-electron chi connectivity index (χ0n) is 12.7. The Morgan fingerprint density at radius 2 is 1.67 bits per heavy atom. The van der Waals surface area contributed by atoms with Gasteiger partial charge in [-0.15, -0.1) is 10.2 Å². The lowest BCUT2D eigenvalue weighted by Crippen LogP contribution is -1.99. The molecule has 0 fully saturated rings. The number of rotatable bonds is 3. The maximum absolute atomic E-state index is 6.14. The third kappa shape index (κ3) is 3.37. The van der Waals surface area contributed by atoms with Crippen molar-refractivity contribution in [2.45, 2.75) is 6.92 Å². The molecule has 0 aliphatic carbocycles. The molecule has 0 aliphatic rings. The summed E-state index contributed by atoms with van der Waals surface area (Å²) in [5, 5.41) is 9.26. The summed E-state index contributed by atoms with van der Waals surface area (Å²) in [4.78, 5) is 8.48. The Balaban J connectivity index is 2.11. The van der Waals surface area contributed by atoms with Crippen molar-refractivity contribution in [3.8, 4) is 11.3 Å². The average molecular weight is 358 g/mol. The van der Waals surface area contributed by atoms with E-state index in [0.29, 0.717) is 32.8 Å². The second-order valence-electron chi connectivity index (χ2n) is 5.00. The van der Waals surface area contributed by atoms with E-state index < -0.39 is 0 Å². The van der Waals surface area contributed by atoms with Crippen LogP contribution in [0.15, 0.2) is 58.8 Å². The molecule has 7 heteroatoms. The third-order valence-corrected chi connectivity index (χ3v) is 4.12. The van der Waals surface area contributed by atoms with Crippen molar-refractivity contribution in [1.29, 1.82) is 0 Å². The molecule has 0 saturated heterocycles. The zero-order valence-corrected chi connectivity index (χ0v) is 14.3. The summed E-state index contributed by atoms with van der Waals surface area (Å²) in [5.41, 5.74) is 8.91. The van der Waals surface area contributed by atoms with E-state index in [4.69, 9.17) is 28.9 Å². The number of benzene rings is 2. The molecule has 0 atom stereocenters. The van der Waals surface area contributed by atoms with Gasteiger partial charge in [-0.3, -0.25) is 0 Å². The SMILES string of the molecule is Cc1nc(N)nc(-c2ccccc2)c1N=Nc1cccc(Cl)c1Cl. The quantitative estimate of drug-likeness (QED) is 0.605. The monoisotopic (exact) mass is 357 g/mol. The van der Waals surface area contributed by atoms with Crippen molar-refractivity contribution in [3.63, 3.8) is 0 Å². The van der Waals surface area contributed by atoms with Gasteiger partial charge in [0.1, 0.15) is 17.1 Å². The van der Waals surface area contributed by atoms with Gasteiger partial charge in [0.2, 0.25) is 5.95 Å². The van der Waals surface area contributed by atoms with Crippen LogP contribution in [0.5, 0.6) is 0 Å². The molecular formula is C17H13Cl2N5. The molecule has 1 heterocycles. The topological polar surface area (TPSA) is 76.5 Å². The standard InChI is InChI=1S/C17H13Cl2N5/c1-10-15(24-23-13-9-5-8-12(18)14(13)19)16(22-17(20)21-10)11-6-3-2-4-7-11/h2-9H,1H3,(H2,20,21,22). The molecule has 0 radical (unpaired) electrons. The molecule has 24 heavy (non-hydrogen) atoms. The molecule has 2 N–H and O–H groups in total. The van der Waals surface area contributed by atoms with Gasteiger partial charge in [0, 0.05) is 5.56 Å². The summed E-state index contributed by atoms with van der Waals surface area (Å²) in [6.45, 7) is 1.80. The fourth-order valence-electron chi connectivity index (χ4n) is 2.18. The number of hydrogen-bond donors (Lipinski definition) is 1. The summed E-state index contributed by atoms with van der Waals surface area (Å²) < 4.78 is 0. The number of anilines is 1. The predicted octanol–water partition coefficient (Wildman–Crippen LogP) is 5.76. The van der Waals surface area contributed by atoms with Crippen LogP contribution in [0.4, 0.5) is 17.3 Å². The molecule has 1 aromatic heterocycles. The Hall–Kier alpha value is -2.50. The fourth-order valence-corrected chi connectivity index (χ4v) is 2.51. The van der Waals surface area contributed by atoms with Gasteiger partial charge in [0.05, 0.1) is 15.7 Å². The molecule has 120 valence electrons. The van der Waals surface area contributed by atoms with Gasteiger partial charge < -0.3 is 5.73 Å². The molecule has 0 saturated carbocycles. The third-order valence-electron chi connectivity index (χ3n) is 3.31. The summed E-state index contributed by atoms with van der Waals surface area (Å²) in [5.74, 6) is 0.186. The Bertz CT molecular complexity index is 910. The largest absolute Gasteiger partial charge is 0.368 e. The Morgan fingerprint density at radius 1 is 0.917 bits per heavy atom. The van der Waals surface area contributed by atoms with Crippen molar-refractivity contribution in [2.24, 2.45) is 10.2 Å². The lowest BCUT2D eigenvalue weighted by molar-refractivity contribution is 1.08. The van der Waals surface area contributed by atoms with E-state index in [2.05, 4.69) is 20.2 Å². The summed E-state index contributed by atoms with van der Waals surface area (Å²) >= 11 is 12.1. The van der Waals surface area contributed by atoms with Crippen LogP contribution in [0.3, 0.4) is 0 Å².